The number of rotatable bonds is 4. The molecular formula is C23H20N2O3S. The van der Waals surface area contributed by atoms with Crippen molar-refractivity contribution in [2.45, 2.75) is 12.5 Å². The number of fused-ring (bicyclic) bond motifs is 1. The van der Waals surface area contributed by atoms with Crippen molar-refractivity contribution >= 4 is 17.2 Å². The van der Waals surface area contributed by atoms with Gasteiger partial charge in [0.2, 0.25) is 0 Å². The molecule has 1 aromatic heterocycles. The molecule has 0 fully saturated rings. The molecule has 0 N–H and O–H groups in total. The fourth-order valence-corrected chi connectivity index (χ4v) is 4.66. The monoisotopic (exact) mass is 404 g/mol. The van der Waals surface area contributed by atoms with Gasteiger partial charge in [0.25, 0.3) is 5.91 Å². The van der Waals surface area contributed by atoms with Crippen LogP contribution in [0, 0.1) is 11.3 Å². The first kappa shape index (κ1) is 19.0. The summed E-state index contributed by atoms with van der Waals surface area (Å²) in [6.07, 6.45) is 0.723. The predicted molar refractivity (Wildman–Crippen MR) is 112 cm³/mol. The van der Waals surface area contributed by atoms with E-state index in [2.05, 4.69) is 6.07 Å². The Bertz CT molecular complexity index is 1090. The Labute approximate surface area is 173 Å². The van der Waals surface area contributed by atoms with Crippen molar-refractivity contribution in [1.29, 1.82) is 5.26 Å². The number of nitriles is 1. The van der Waals surface area contributed by atoms with Gasteiger partial charge in [-0.3, -0.25) is 4.79 Å². The second kappa shape index (κ2) is 7.98. The molecule has 0 bridgehead atoms. The van der Waals surface area contributed by atoms with Gasteiger partial charge in [0, 0.05) is 17.0 Å². The molecule has 0 aliphatic carbocycles. The second-order valence-electron chi connectivity index (χ2n) is 6.77. The van der Waals surface area contributed by atoms with Gasteiger partial charge >= 0.3 is 0 Å². The van der Waals surface area contributed by atoms with Crippen LogP contribution >= 0.6 is 11.3 Å². The maximum absolute atomic E-state index is 13.4. The third-order valence-electron chi connectivity index (χ3n) is 5.19. The molecule has 1 aliphatic heterocycles. The predicted octanol–water partition coefficient (Wildman–Crippen LogP) is 4.42. The fraction of sp³-hybridized carbons (Fsp3) is 0.217. The third kappa shape index (κ3) is 3.45. The van der Waals surface area contributed by atoms with Gasteiger partial charge in [0.15, 0.2) is 11.5 Å². The van der Waals surface area contributed by atoms with Crippen LogP contribution in [0.3, 0.4) is 0 Å². The topological polar surface area (TPSA) is 62.6 Å². The Kier molecular flexibility index (Phi) is 5.24. The number of thiophene rings is 1. The smallest absolute Gasteiger partial charge is 0.254 e. The van der Waals surface area contributed by atoms with Crippen molar-refractivity contribution in [2.75, 3.05) is 20.8 Å². The summed E-state index contributed by atoms with van der Waals surface area (Å²) < 4.78 is 11.0. The van der Waals surface area contributed by atoms with E-state index in [-0.39, 0.29) is 11.9 Å². The van der Waals surface area contributed by atoms with Crippen molar-refractivity contribution < 1.29 is 14.3 Å². The number of methoxy groups -OCH3 is 2. The summed E-state index contributed by atoms with van der Waals surface area (Å²) >= 11 is 1.62. The molecule has 1 amide bonds. The fourth-order valence-electron chi connectivity index (χ4n) is 3.81. The minimum absolute atomic E-state index is 0.0825. The lowest BCUT2D eigenvalue weighted by molar-refractivity contribution is 0.0697. The Morgan fingerprint density at radius 1 is 1.14 bits per heavy atom. The largest absolute Gasteiger partial charge is 0.493 e. The van der Waals surface area contributed by atoms with Crippen molar-refractivity contribution in [3.8, 4) is 17.6 Å². The molecule has 6 heteroatoms. The molecule has 5 nitrogen and oxygen atoms in total. The number of ether oxygens (including phenoxy) is 2. The standard InChI is InChI=1S/C23H20N2O3S/c1-27-19-12-16-8-9-25(23(26)17-6-3-5-15(11-17)14-24)22(21-7-4-10-29-21)18(16)13-20(19)28-2/h3-7,10-13,22H,8-9H2,1-2H3/t22-/m0/s1. The van der Waals surface area contributed by atoms with Crippen LogP contribution < -0.4 is 9.47 Å². The van der Waals surface area contributed by atoms with Gasteiger partial charge in [0.1, 0.15) is 0 Å². The summed E-state index contributed by atoms with van der Waals surface area (Å²) in [5.74, 6) is 1.26. The summed E-state index contributed by atoms with van der Waals surface area (Å²) in [7, 11) is 3.24. The Morgan fingerprint density at radius 2 is 1.93 bits per heavy atom. The molecule has 0 radical (unpaired) electrons. The summed E-state index contributed by atoms with van der Waals surface area (Å²) in [6.45, 7) is 0.584. The van der Waals surface area contributed by atoms with E-state index < -0.39 is 0 Å². The Morgan fingerprint density at radius 3 is 2.62 bits per heavy atom. The minimum Gasteiger partial charge on any atom is -0.493 e. The molecule has 0 saturated carbocycles. The van der Waals surface area contributed by atoms with E-state index in [0.717, 1.165) is 22.4 Å². The highest BCUT2D eigenvalue weighted by Crippen LogP contribution is 2.42. The van der Waals surface area contributed by atoms with Crippen LogP contribution in [-0.4, -0.2) is 31.6 Å². The average molecular weight is 404 g/mol. The lowest BCUT2D eigenvalue weighted by Crippen LogP contribution is -2.40. The first-order valence-corrected chi connectivity index (χ1v) is 10.1. The molecule has 29 heavy (non-hydrogen) atoms. The second-order valence-corrected chi connectivity index (χ2v) is 7.74. The summed E-state index contributed by atoms with van der Waals surface area (Å²) in [5, 5.41) is 11.2. The van der Waals surface area contributed by atoms with Gasteiger partial charge in [-0.05, 0) is 59.3 Å². The summed E-state index contributed by atoms with van der Waals surface area (Å²) in [5.41, 5.74) is 3.19. The van der Waals surface area contributed by atoms with Crippen LogP contribution in [0.5, 0.6) is 11.5 Å². The van der Waals surface area contributed by atoms with E-state index in [9.17, 15) is 10.1 Å². The number of carbonyl (C=O) groups excluding carboxylic acids is 1. The van der Waals surface area contributed by atoms with E-state index in [1.807, 2.05) is 34.5 Å². The van der Waals surface area contributed by atoms with Crippen molar-refractivity contribution in [3.05, 3.63) is 81.0 Å². The highest BCUT2D eigenvalue weighted by Gasteiger charge is 2.34. The SMILES string of the molecule is COc1cc2c(cc1OC)[C@@H](c1cccs1)N(C(=O)c1cccc(C#N)c1)CC2. The maximum atomic E-state index is 13.4. The minimum atomic E-state index is -0.211. The zero-order valence-electron chi connectivity index (χ0n) is 16.2. The van der Waals surface area contributed by atoms with Gasteiger partial charge in [-0.1, -0.05) is 12.1 Å². The van der Waals surface area contributed by atoms with Crippen molar-refractivity contribution in [3.63, 3.8) is 0 Å². The zero-order chi connectivity index (χ0) is 20.4. The van der Waals surface area contributed by atoms with Gasteiger partial charge < -0.3 is 14.4 Å². The van der Waals surface area contributed by atoms with Crippen LogP contribution in [-0.2, 0) is 6.42 Å². The number of benzene rings is 2. The molecule has 0 saturated heterocycles. The normalized spacial score (nSPS) is 15.3. The number of nitrogens with zero attached hydrogens (tertiary/aromatic N) is 2. The quantitative estimate of drug-likeness (QED) is 0.646. The first-order chi connectivity index (χ1) is 14.2. The number of hydrogen-bond donors (Lipinski definition) is 0. The maximum Gasteiger partial charge on any atom is 0.254 e. The number of amides is 1. The Balaban J connectivity index is 1.82. The Hall–Kier alpha value is -3.30. The highest BCUT2D eigenvalue weighted by atomic mass is 32.1. The van der Waals surface area contributed by atoms with E-state index in [1.165, 1.54) is 0 Å². The molecule has 3 aromatic rings. The van der Waals surface area contributed by atoms with Gasteiger partial charge in [-0.15, -0.1) is 11.3 Å². The number of carbonyl (C=O) groups is 1. The molecule has 0 spiro atoms. The van der Waals surface area contributed by atoms with Gasteiger partial charge in [-0.2, -0.15) is 5.26 Å². The molecular weight excluding hydrogens is 384 g/mol. The van der Waals surface area contributed by atoms with Gasteiger partial charge in [0.05, 0.1) is 31.9 Å². The lowest BCUT2D eigenvalue weighted by Gasteiger charge is -2.37. The van der Waals surface area contributed by atoms with E-state index in [0.29, 0.717) is 29.2 Å². The van der Waals surface area contributed by atoms with E-state index in [1.54, 1.807) is 49.8 Å². The van der Waals surface area contributed by atoms with Crippen LogP contribution in [0.4, 0.5) is 0 Å². The van der Waals surface area contributed by atoms with Gasteiger partial charge in [-0.25, -0.2) is 0 Å². The van der Waals surface area contributed by atoms with Crippen LogP contribution in [0.15, 0.2) is 53.9 Å². The summed E-state index contributed by atoms with van der Waals surface area (Å²) in [6, 6.07) is 16.8. The zero-order valence-corrected chi connectivity index (χ0v) is 17.0. The third-order valence-corrected chi connectivity index (χ3v) is 6.11. The van der Waals surface area contributed by atoms with Crippen molar-refractivity contribution in [2.24, 2.45) is 0 Å². The molecule has 1 atom stereocenters. The van der Waals surface area contributed by atoms with Crippen LogP contribution in [0.2, 0.25) is 0 Å². The van der Waals surface area contributed by atoms with E-state index >= 15 is 0 Å². The first-order valence-electron chi connectivity index (χ1n) is 9.25. The highest BCUT2D eigenvalue weighted by molar-refractivity contribution is 7.10. The molecule has 1 aliphatic rings. The average Bonchev–Trinajstić information content (AvgIpc) is 3.31. The van der Waals surface area contributed by atoms with Crippen LogP contribution in [0.25, 0.3) is 0 Å². The lowest BCUT2D eigenvalue weighted by atomic mass is 9.90. The number of hydrogen-bond acceptors (Lipinski definition) is 5. The van der Waals surface area contributed by atoms with Crippen molar-refractivity contribution in [1.82, 2.24) is 4.90 Å². The molecule has 2 heterocycles. The van der Waals surface area contributed by atoms with Crippen LogP contribution in [0.1, 0.15) is 38.0 Å². The molecule has 2 aromatic carbocycles. The molecule has 146 valence electrons. The van der Waals surface area contributed by atoms with E-state index in [4.69, 9.17) is 9.47 Å². The molecule has 4 rings (SSSR count). The molecule has 0 unspecified atom stereocenters. The summed E-state index contributed by atoms with van der Waals surface area (Å²) in [4.78, 5) is 16.4.